The van der Waals surface area contributed by atoms with Crippen LogP contribution in [0.4, 0.5) is 0 Å². The minimum Gasteiger partial charge on any atom is -0.481 e. The van der Waals surface area contributed by atoms with E-state index < -0.39 is 11.9 Å². The summed E-state index contributed by atoms with van der Waals surface area (Å²) in [6.45, 7) is 6.31. The van der Waals surface area contributed by atoms with Gasteiger partial charge in [-0.25, -0.2) is 0 Å². The van der Waals surface area contributed by atoms with Crippen molar-refractivity contribution in [3.05, 3.63) is 0 Å². The molecule has 1 amide bonds. The molecule has 0 radical (unpaired) electrons. The van der Waals surface area contributed by atoms with Crippen LogP contribution >= 0.6 is 0 Å². The molecule has 4 heteroatoms. The first-order chi connectivity index (χ1) is 7.52. The van der Waals surface area contributed by atoms with Gasteiger partial charge < -0.3 is 10.4 Å². The molecule has 94 valence electrons. The Bertz CT molecular complexity index is 228. The molecule has 0 fully saturated rings. The third-order valence-corrected chi connectivity index (χ3v) is 2.75. The van der Waals surface area contributed by atoms with Gasteiger partial charge in [-0.3, -0.25) is 9.59 Å². The molecule has 2 unspecified atom stereocenters. The first kappa shape index (κ1) is 14.9. The maximum atomic E-state index is 11.7. The minimum absolute atomic E-state index is 0.0101. The van der Waals surface area contributed by atoms with E-state index in [1.807, 2.05) is 6.92 Å². The van der Waals surface area contributed by atoms with Gasteiger partial charge in [0.15, 0.2) is 0 Å². The molecule has 0 aliphatic carbocycles. The van der Waals surface area contributed by atoms with Gasteiger partial charge in [-0.2, -0.15) is 0 Å². The molecule has 0 saturated heterocycles. The van der Waals surface area contributed by atoms with E-state index in [0.29, 0.717) is 19.4 Å². The molecule has 0 rings (SSSR count). The fourth-order valence-electron chi connectivity index (χ4n) is 1.52. The third kappa shape index (κ3) is 5.73. The van der Waals surface area contributed by atoms with Crippen molar-refractivity contribution in [1.82, 2.24) is 5.32 Å². The molecule has 0 aromatic rings. The maximum absolute atomic E-state index is 11.7. The lowest BCUT2D eigenvalue weighted by molar-refractivity contribution is -0.142. The molecule has 0 heterocycles. The summed E-state index contributed by atoms with van der Waals surface area (Å²) in [6, 6.07) is 0. The second kappa shape index (κ2) is 8.13. The van der Waals surface area contributed by atoms with Gasteiger partial charge in [0.1, 0.15) is 0 Å². The lowest BCUT2D eigenvalue weighted by Gasteiger charge is -2.16. The number of carboxylic acid groups (broad SMARTS) is 1. The van der Waals surface area contributed by atoms with Crippen molar-refractivity contribution < 1.29 is 14.7 Å². The number of amides is 1. The van der Waals surface area contributed by atoms with Crippen LogP contribution in [-0.4, -0.2) is 23.5 Å². The van der Waals surface area contributed by atoms with Gasteiger partial charge in [-0.1, -0.05) is 27.2 Å². The molecule has 0 aliphatic rings. The van der Waals surface area contributed by atoms with Crippen LogP contribution < -0.4 is 5.32 Å². The summed E-state index contributed by atoms with van der Waals surface area (Å²) in [5.41, 5.74) is 0. The summed E-state index contributed by atoms with van der Waals surface area (Å²) in [5.74, 6) is -1.48. The van der Waals surface area contributed by atoms with E-state index in [1.165, 1.54) is 0 Å². The number of hydrogen-bond acceptors (Lipinski definition) is 2. The highest BCUT2D eigenvalue weighted by Crippen LogP contribution is 2.16. The molecule has 0 aromatic carbocycles. The molecule has 0 aliphatic heterocycles. The summed E-state index contributed by atoms with van der Waals surface area (Å²) in [4.78, 5) is 22.4. The first-order valence-corrected chi connectivity index (χ1v) is 6.03. The van der Waals surface area contributed by atoms with Crippen LogP contribution in [0.1, 0.15) is 46.5 Å². The zero-order chi connectivity index (χ0) is 12.6. The van der Waals surface area contributed by atoms with Gasteiger partial charge in [0.05, 0.1) is 5.92 Å². The van der Waals surface area contributed by atoms with E-state index in [-0.39, 0.29) is 11.8 Å². The van der Waals surface area contributed by atoms with E-state index in [9.17, 15) is 9.59 Å². The average molecular weight is 229 g/mol. The number of aliphatic carboxylic acids is 1. The van der Waals surface area contributed by atoms with Crippen molar-refractivity contribution >= 4 is 11.9 Å². The Hall–Kier alpha value is -1.06. The molecule has 0 saturated carbocycles. The van der Waals surface area contributed by atoms with Gasteiger partial charge in [-0.05, 0) is 19.3 Å². The quantitative estimate of drug-likeness (QED) is 0.626. The van der Waals surface area contributed by atoms with Crippen molar-refractivity contribution in [3.8, 4) is 0 Å². The van der Waals surface area contributed by atoms with Crippen LogP contribution in [0, 0.1) is 11.8 Å². The number of carboxylic acids is 1. The Morgan fingerprint density at radius 2 is 1.94 bits per heavy atom. The van der Waals surface area contributed by atoms with E-state index in [1.54, 1.807) is 6.92 Å². The molecule has 4 nitrogen and oxygen atoms in total. The van der Waals surface area contributed by atoms with Gasteiger partial charge in [0.2, 0.25) is 5.91 Å². The zero-order valence-corrected chi connectivity index (χ0v) is 10.5. The van der Waals surface area contributed by atoms with Crippen LogP contribution in [0.5, 0.6) is 0 Å². The zero-order valence-electron chi connectivity index (χ0n) is 10.5. The van der Waals surface area contributed by atoms with Gasteiger partial charge in [0, 0.05) is 12.5 Å². The second-order valence-corrected chi connectivity index (χ2v) is 4.22. The molecule has 16 heavy (non-hydrogen) atoms. The van der Waals surface area contributed by atoms with Crippen molar-refractivity contribution in [3.63, 3.8) is 0 Å². The van der Waals surface area contributed by atoms with Crippen LogP contribution in [-0.2, 0) is 9.59 Å². The Morgan fingerprint density at radius 3 is 2.38 bits per heavy atom. The van der Waals surface area contributed by atoms with E-state index in [4.69, 9.17) is 5.11 Å². The van der Waals surface area contributed by atoms with Gasteiger partial charge in [-0.15, -0.1) is 0 Å². The monoisotopic (exact) mass is 229 g/mol. The van der Waals surface area contributed by atoms with Crippen molar-refractivity contribution in [2.45, 2.75) is 46.5 Å². The Kier molecular flexibility index (Phi) is 7.60. The second-order valence-electron chi connectivity index (χ2n) is 4.22. The molecule has 2 atom stereocenters. The predicted octanol–water partition coefficient (Wildman–Crippen LogP) is 2.04. The number of hydrogen-bond donors (Lipinski definition) is 2. The fraction of sp³-hybridized carbons (Fsp3) is 0.833. The summed E-state index contributed by atoms with van der Waals surface area (Å²) >= 11 is 0. The summed E-state index contributed by atoms with van der Waals surface area (Å²) in [7, 11) is 0. The first-order valence-electron chi connectivity index (χ1n) is 6.03. The number of unbranched alkanes of at least 4 members (excludes halogenated alkanes) is 1. The topological polar surface area (TPSA) is 66.4 Å². The van der Waals surface area contributed by atoms with Crippen LogP contribution in [0.25, 0.3) is 0 Å². The molecule has 2 N–H and O–H groups in total. The molecule has 0 aromatic heterocycles. The minimum atomic E-state index is -0.834. The third-order valence-electron chi connectivity index (χ3n) is 2.75. The highest BCUT2D eigenvalue weighted by atomic mass is 16.4. The number of nitrogens with one attached hydrogen (secondary N) is 1. The Balaban J connectivity index is 4.06. The maximum Gasteiger partial charge on any atom is 0.306 e. The van der Waals surface area contributed by atoms with Crippen molar-refractivity contribution in [1.29, 1.82) is 0 Å². The molecule has 0 bridgehead atoms. The van der Waals surface area contributed by atoms with Crippen molar-refractivity contribution in [2.24, 2.45) is 11.8 Å². The van der Waals surface area contributed by atoms with Crippen LogP contribution in [0.2, 0.25) is 0 Å². The van der Waals surface area contributed by atoms with Crippen LogP contribution in [0.3, 0.4) is 0 Å². The summed E-state index contributed by atoms with van der Waals surface area (Å²) in [6.07, 6.45) is 3.12. The lowest BCUT2D eigenvalue weighted by Crippen LogP contribution is -2.33. The lowest BCUT2D eigenvalue weighted by atomic mass is 9.93. The molecular formula is C12H23NO3. The standard InChI is InChI=1S/C12H23NO3/c1-4-6-7-13-11(14)10(5-2)8-9(3)12(15)16/h9-10H,4-8H2,1-3H3,(H,13,14)(H,15,16). The number of rotatable bonds is 8. The Morgan fingerprint density at radius 1 is 1.31 bits per heavy atom. The number of carbonyl (C=O) groups is 2. The highest BCUT2D eigenvalue weighted by Gasteiger charge is 2.22. The van der Waals surface area contributed by atoms with E-state index in [2.05, 4.69) is 12.2 Å². The highest BCUT2D eigenvalue weighted by molar-refractivity contribution is 5.79. The number of carbonyl (C=O) groups excluding carboxylic acids is 1. The summed E-state index contributed by atoms with van der Waals surface area (Å²) < 4.78 is 0. The largest absolute Gasteiger partial charge is 0.481 e. The van der Waals surface area contributed by atoms with E-state index in [0.717, 1.165) is 12.8 Å². The van der Waals surface area contributed by atoms with Gasteiger partial charge >= 0.3 is 5.97 Å². The molecular weight excluding hydrogens is 206 g/mol. The average Bonchev–Trinajstić information content (AvgIpc) is 2.25. The normalized spacial score (nSPS) is 14.2. The van der Waals surface area contributed by atoms with Gasteiger partial charge in [0.25, 0.3) is 0 Å². The predicted molar refractivity (Wildman–Crippen MR) is 63.1 cm³/mol. The van der Waals surface area contributed by atoms with Crippen LogP contribution in [0.15, 0.2) is 0 Å². The summed E-state index contributed by atoms with van der Waals surface area (Å²) in [5, 5.41) is 11.6. The fourth-order valence-corrected chi connectivity index (χ4v) is 1.52. The Labute approximate surface area is 97.4 Å². The van der Waals surface area contributed by atoms with Crippen molar-refractivity contribution in [2.75, 3.05) is 6.54 Å². The van der Waals surface area contributed by atoms with E-state index >= 15 is 0 Å². The molecule has 0 spiro atoms. The smallest absolute Gasteiger partial charge is 0.306 e. The SMILES string of the molecule is CCCCNC(=O)C(CC)CC(C)C(=O)O.